The molecule has 0 radical (unpaired) electrons. The smallest absolute Gasteiger partial charge is 0.271 e. The molecule has 0 bridgehead atoms. The van der Waals surface area contributed by atoms with Crippen molar-refractivity contribution in [1.29, 1.82) is 0 Å². The van der Waals surface area contributed by atoms with Gasteiger partial charge in [0.25, 0.3) is 11.6 Å². The molecular formula is C12H14N4O3. The molecule has 1 aromatic heterocycles. The zero-order valence-corrected chi connectivity index (χ0v) is 10.7. The second-order valence-electron chi connectivity index (χ2n) is 4.30. The van der Waals surface area contributed by atoms with Crippen LogP contribution < -0.4 is 5.73 Å². The predicted molar refractivity (Wildman–Crippen MR) is 69.5 cm³/mol. The highest BCUT2D eigenvalue weighted by atomic mass is 16.6. The van der Waals surface area contributed by atoms with E-state index in [2.05, 4.69) is 10.1 Å². The number of nitro benzene ring substituents is 1. The molecule has 1 atom stereocenters. The highest BCUT2D eigenvalue weighted by Crippen LogP contribution is 2.29. The van der Waals surface area contributed by atoms with Crippen molar-refractivity contribution in [2.24, 2.45) is 0 Å². The van der Waals surface area contributed by atoms with Crippen LogP contribution in [0.2, 0.25) is 0 Å². The lowest BCUT2D eigenvalue weighted by Crippen LogP contribution is -1.95. The van der Waals surface area contributed by atoms with E-state index in [1.54, 1.807) is 0 Å². The molecule has 100 valence electrons. The fraction of sp³-hybridized carbons (Fsp3) is 0.333. The molecule has 0 aliphatic heterocycles. The van der Waals surface area contributed by atoms with Gasteiger partial charge in [-0.15, -0.1) is 0 Å². The molecule has 19 heavy (non-hydrogen) atoms. The number of nitrogens with zero attached hydrogens (tertiary/aromatic N) is 3. The van der Waals surface area contributed by atoms with Crippen molar-refractivity contribution in [2.75, 3.05) is 5.73 Å². The summed E-state index contributed by atoms with van der Waals surface area (Å²) in [5.74, 6) is 1.08. The first kappa shape index (κ1) is 13.0. The number of aromatic nitrogens is 2. The van der Waals surface area contributed by atoms with Crippen molar-refractivity contribution in [1.82, 2.24) is 10.1 Å². The molecule has 2 rings (SSSR count). The topological polar surface area (TPSA) is 108 Å². The Hall–Kier alpha value is -2.44. The summed E-state index contributed by atoms with van der Waals surface area (Å²) in [5, 5.41) is 14.5. The van der Waals surface area contributed by atoms with Crippen LogP contribution >= 0.6 is 0 Å². The van der Waals surface area contributed by atoms with Crippen LogP contribution in [0.3, 0.4) is 0 Å². The van der Waals surface area contributed by atoms with Gasteiger partial charge < -0.3 is 10.3 Å². The first-order valence-electron chi connectivity index (χ1n) is 5.90. The van der Waals surface area contributed by atoms with Crippen molar-refractivity contribution >= 4 is 11.4 Å². The number of rotatable bonds is 4. The molecule has 1 aromatic carbocycles. The summed E-state index contributed by atoms with van der Waals surface area (Å²) in [6.07, 6.45) is 0.898. The van der Waals surface area contributed by atoms with Crippen LogP contribution in [0.1, 0.15) is 32.0 Å². The molecular weight excluding hydrogens is 248 g/mol. The van der Waals surface area contributed by atoms with E-state index in [1.807, 2.05) is 13.8 Å². The third-order valence-electron chi connectivity index (χ3n) is 2.97. The maximum Gasteiger partial charge on any atom is 0.271 e. The SMILES string of the molecule is CCC(C)c1noc(-c2ccc([N+](=O)[O-])cc2N)n1. The van der Waals surface area contributed by atoms with Crippen LogP contribution in [0.5, 0.6) is 0 Å². The number of hydrogen-bond acceptors (Lipinski definition) is 6. The van der Waals surface area contributed by atoms with Gasteiger partial charge in [-0.05, 0) is 12.5 Å². The van der Waals surface area contributed by atoms with Gasteiger partial charge in [-0.3, -0.25) is 10.1 Å². The minimum atomic E-state index is -0.501. The van der Waals surface area contributed by atoms with E-state index < -0.39 is 4.92 Å². The van der Waals surface area contributed by atoms with Gasteiger partial charge in [0.05, 0.1) is 16.2 Å². The molecule has 0 saturated heterocycles. The maximum absolute atomic E-state index is 10.6. The van der Waals surface area contributed by atoms with Gasteiger partial charge >= 0.3 is 0 Å². The summed E-state index contributed by atoms with van der Waals surface area (Å²) >= 11 is 0. The van der Waals surface area contributed by atoms with Crippen molar-refractivity contribution in [3.8, 4) is 11.5 Å². The van der Waals surface area contributed by atoms with Crippen molar-refractivity contribution in [3.63, 3.8) is 0 Å². The predicted octanol–water partition coefficient (Wildman–Crippen LogP) is 2.74. The van der Waals surface area contributed by atoms with E-state index in [0.29, 0.717) is 11.4 Å². The summed E-state index contributed by atoms with van der Waals surface area (Å²) < 4.78 is 5.14. The van der Waals surface area contributed by atoms with E-state index in [9.17, 15) is 10.1 Å². The number of nitrogen functional groups attached to an aromatic ring is 1. The van der Waals surface area contributed by atoms with Crippen molar-refractivity contribution in [3.05, 3.63) is 34.1 Å². The summed E-state index contributed by atoms with van der Waals surface area (Å²) in [5.41, 5.74) is 6.46. The van der Waals surface area contributed by atoms with Crippen LogP contribution in [0, 0.1) is 10.1 Å². The summed E-state index contributed by atoms with van der Waals surface area (Å²) in [4.78, 5) is 14.4. The highest BCUT2D eigenvalue weighted by Gasteiger charge is 2.17. The molecule has 0 spiro atoms. The molecule has 1 heterocycles. The van der Waals surface area contributed by atoms with Crippen LogP contribution in [0.15, 0.2) is 22.7 Å². The molecule has 2 N–H and O–H groups in total. The summed E-state index contributed by atoms with van der Waals surface area (Å²) in [6.45, 7) is 4.02. The molecule has 0 amide bonds. The van der Waals surface area contributed by atoms with Gasteiger partial charge in [0.15, 0.2) is 5.82 Å². The van der Waals surface area contributed by atoms with Crippen LogP contribution in [-0.4, -0.2) is 15.1 Å². The van der Waals surface area contributed by atoms with Gasteiger partial charge in [0.2, 0.25) is 0 Å². The van der Waals surface area contributed by atoms with Crippen LogP contribution in [0.25, 0.3) is 11.5 Å². The zero-order chi connectivity index (χ0) is 14.0. The first-order valence-corrected chi connectivity index (χ1v) is 5.90. The zero-order valence-electron chi connectivity index (χ0n) is 10.7. The van der Waals surface area contributed by atoms with E-state index in [-0.39, 0.29) is 23.2 Å². The highest BCUT2D eigenvalue weighted by molar-refractivity contribution is 5.72. The molecule has 0 saturated carbocycles. The minimum absolute atomic E-state index is 0.0667. The van der Waals surface area contributed by atoms with E-state index in [0.717, 1.165) is 6.42 Å². The number of non-ortho nitro benzene ring substituents is 1. The minimum Gasteiger partial charge on any atom is -0.398 e. The Labute approximate surface area is 109 Å². The number of nitro groups is 1. The molecule has 0 fully saturated rings. The molecule has 0 aliphatic carbocycles. The molecule has 0 aliphatic rings. The first-order chi connectivity index (χ1) is 9.02. The monoisotopic (exact) mass is 262 g/mol. The van der Waals surface area contributed by atoms with E-state index in [4.69, 9.17) is 10.3 Å². The van der Waals surface area contributed by atoms with Gasteiger partial charge in [0, 0.05) is 18.1 Å². The summed E-state index contributed by atoms with van der Waals surface area (Å²) in [6, 6.07) is 4.16. The fourth-order valence-corrected chi connectivity index (χ4v) is 1.59. The normalized spacial score (nSPS) is 12.3. The number of benzene rings is 1. The lowest BCUT2D eigenvalue weighted by molar-refractivity contribution is -0.384. The number of nitrogens with two attached hydrogens (primary N) is 1. The lowest BCUT2D eigenvalue weighted by atomic mass is 10.1. The Morgan fingerprint density at radius 3 is 2.84 bits per heavy atom. The Bertz CT molecular complexity index is 609. The summed E-state index contributed by atoms with van der Waals surface area (Å²) in [7, 11) is 0. The Morgan fingerprint density at radius 2 is 2.26 bits per heavy atom. The Balaban J connectivity index is 2.37. The van der Waals surface area contributed by atoms with E-state index in [1.165, 1.54) is 18.2 Å². The van der Waals surface area contributed by atoms with Gasteiger partial charge in [-0.1, -0.05) is 19.0 Å². The van der Waals surface area contributed by atoms with Gasteiger partial charge in [-0.2, -0.15) is 4.98 Å². The third kappa shape index (κ3) is 2.54. The maximum atomic E-state index is 10.6. The molecule has 1 unspecified atom stereocenters. The van der Waals surface area contributed by atoms with Crippen LogP contribution in [0.4, 0.5) is 11.4 Å². The van der Waals surface area contributed by atoms with Crippen molar-refractivity contribution < 1.29 is 9.45 Å². The quantitative estimate of drug-likeness (QED) is 0.515. The van der Waals surface area contributed by atoms with Crippen LogP contribution in [-0.2, 0) is 0 Å². The van der Waals surface area contributed by atoms with E-state index >= 15 is 0 Å². The number of hydrogen-bond donors (Lipinski definition) is 1. The molecule has 2 aromatic rings. The number of anilines is 1. The largest absolute Gasteiger partial charge is 0.398 e. The van der Waals surface area contributed by atoms with Crippen molar-refractivity contribution in [2.45, 2.75) is 26.2 Å². The van der Waals surface area contributed by atoms with Gasteiger partial charge in [-0.25, -0.2) is 0 Å². The molecule has 7 nitrogen and oxygen atoms in total. The Kier molecular flexibility index (Phi) is 3.46. The Morgan fingerprint density at radius 1 is 1.53 bits per heavy atom. The standard InChI is InChI=1S/C12H14N4O3/c1-3-7(2)11-14-12(19-15-11)9-5-4-8(16(17)18)6-10(9)13/h4-7H,3,13H2,1-2H3. The second kappa shape index (κ2) is 5.05. The average Bonchev–Trinajstić information content (AvgIpc) is 2.87. The third-order valence-corrected chi connectivity index (χ3v) is 2.97. The second-order valence-corrected chi connectivity index (χ2v) is 4.30. The van der Waals surface area contributed by atoms with Gasteiger partial charge in [0.1, 0.15) is 0 Å². The lowest BCUT2D eigenvalue weighted by Gasteiger charge is -2.00. The fourth-order valence-electron chi connectivity index (χ4n) is 1.59. The average molecular weight is 262 g/mol. The molecule has 7 heteroatoms.